The lowest BCUT2D eigenvalue weighted by Gasteiger charge is -2.18. The number of benzene rings is 2. The molecule has 0 bridgehead atoms. The largest absolute Gasteiger partial charge is 0.369 e. The summed E-state index contributed by atoms with van der Waals surface area (Å²) in [6.07, 6.45) is 5.46. The highest BCUT2D eigenvalue weighted by molar-refractivity contribution is 5.95. The quantitative estimate of drug-likeness (QED) is 0.285. The summed E-state index contributed by atoms with van der Waals surface area (Å²) in [5.41, 5.74) is 4.74. The lowest BCUT2D eigenvalue weighted by atomic mass is 9.97. The molecule has 0 aliphatic carbocycles. The molecule has 1 saturated heterocycles. The van der Waals surface area contributed by atoms with Gasteiger partial charge in [0, 0.05) is 30.1 Å². The fourth-order valence-corrected chi connectivity index (χ4v) is 4.23. The van der Waals surface area contributed by atoms with Gasteiger partial charge in [0.1, 0.15) is 5.82 Å². The average Bonchev–Trinajstić information content (AvgIpc) is 3.32. The van der Waals surface area contributed by atoms with Gasteiger partial charge in [-0.05, 0) is 80.5 Å². The van der Waals surface area contributed by atoms with Crippen LogP contribution in [0.1, 0.15) is 115 Å². The third-order valence-electron chi connectivity index (χ3n) is 6.06. The Bertz CT molecular complexity index is 985. The van der Waals surface area contributed by atoms with Crippen LogP contribution in [0.15, 0.2) is 36.4 Å². The second-order valence-electron chi connectivity index (χ2n) is 9.43. The smallest absolute Gasteiger partial charge is 0.160 e. The number of ketones is 1. The van der Waals surface area contributed by atoms with E-state index in [-0.39, 0.29) is 11.6 Å². The monoisotopic (exact) mass is 509 g/mol. The van der Waals surface area contributed by atoms with Crippen LogP contribution in [0, 0.1) is 36.4 Å². The molecule has 3 heteroatoms. The van der Waals surface area contributed by atoms with Crippen molar-refractivity contribution in [1.29, 1.82) is 0 Å². The van der Waals surface area contributed by atoms with Crippen molar-refractivity contribution in [2.45, 2.75) is 101 Å². The van der Waals surface area contributed by atoms with Gasteiger partial charge in [-0.2, -0.15) is 0 Å². The van der Waals surface area contributed by atoms with Gasteiger partial charge in [0.15, 0.2) is 5.78 Å². The van der Waals surface area contributed by atoms with Crippen LogP contribution in [0.3, 0.4) is 0 Å². The molecule has 2 atom stereocenters. The third-order valence-corrected chi connectivity index (χ3v) is 6.06. The summed E-state index contributed by atoms with van der Waals surface area (Å²) < 4.78 is 13.6. The Morgan fingerprint density at radius 2 is 1.76 bits per heavy atom. The lowest BCUT2D eigenvalue weighted by molar-refractivity contribution is 0.101. The molecule has 1 heterocycles. The standard InChI is InChI=1S/C18H24O.C12H16FN.2C2H6/c1-5-7-14(3)9-10-16-11-12-18(15(4)19)17(13-16)8-6-2;1-9-3-4-12(11(13)7-9)14-6-5-10(2)8-14;2*1-2/h11-14H,5-8H2,1-4H3;3-4,7,10H,5-6,8H2,1-2H3;2*1-2H3. The highest BCUT2D eigenvalue weighted by atomic mass is 19.1. The Labute approximate surface area is 228 Å². The van der Waals surface area contributed by atoms with Gasteiger partial charge in [-0.1, -0.05) is 86.1 Å². The van der Waals surface area contributed by atoms with Crippen LogP contribution in [0.2, 0.25) is 0 Å². The maximum atomic E-state index is 13.6. The maximum Gasteiger partial charge on any atom is 0.160 e. The zero-order valence-electron chi connectivity index (χ0n) is 25.3. The van der Waals surface area contributed by atoms with Crippen LogP contribution >= 0.6 is 0 Å². The minimum atomic E-state index is -0.0842. The Kier molecular flexibility index (Phi) is 18.1. The first-order valence-corrected chi connectivity index (χ1v) is 14.4. The lowest BCUT2D eigenvalue weighted by Crippen LogP contribution is -2.20. The molecule has 0 saturated carbocycles. The number of carbonyl (C=O) groups excluding carboxylic acids is 1. The summed E-state index contributed by atoms with van der Waals surface area (Å²) in [4.78, 5) is 13.7. The van der Waals surface area contributed by atoms with E-state index in [0.29, 0.717) is 11.8 Å². The summed E-state index contributed by atoms with van der Waals surface area (Å²) in [6.45, 7) is 22.2. The molecule has 206 valence electrons. The van der Waals surface area contributed by atoms with Gasteiger partial charge in [-0.3, -0.25) is 4.79 Å². The highest BCUT2D eigenvalue weighted by Crippen LogP contribution is 2.26. The second kappa shape index (κ2) is 19.5. The number of nitrogens with zero attached hydrogens (tertiary/aromatic N) is 1. The summed E-state index contributed by atoms with van der Waals surface area (Å²) in [6, 6.07) is 11.4. The molecule has 2 aromatic carbocycles. The van der Waals surface area contributed by atoms with E-state index < -0.39 is 0 Å². The van der Waals surface area contributed by atoms with Crippen molar-refractivity contribution in [3.05, 3.63) is 64.5 Å². The molecule has 0 radical (unpaired) electrons. The number of hydrogen-bond donors (Lipinski definition) is 0. The first-order valence-electron chi connectivity index (χ1n) is 14.4. The number of rotatable bonds is 6. The highest BCUT2D eigenvalue weighted by Gasteiger charge is 2.20. The second-order valence-corrected chi connectivity index (χ2v) is 9.43. The van der Waals surface area contributed by atoms with Gasteiger partial charge >= 0.3 is 0 Å². The predicted molar refractivity (Wildman–Crippen MR) is 161 cm³/mol. The summed E-state index contributed by atoms with van der Waals surface area (Å²) in [5.74, 6) is 7.70. The van der Waals surface area contributed by atoms with E-state index in [9.17, 15) is 9.18 Å². The van der Waals surface area contributed by atoms with E-state index in [0.717, 1.165) is 60.3 Å². The minimum absolute atomic E-state index is 0.0842. The molecule has 0 amide bonds. The van der Waals surface area contributed by atoms with Gasteiger partial charge in [0.05, 0.1) is 5.69 Å². The predicted octanol–water partition coefficient (Wildman–Crippen LogP) is 9.66. The van der Waals surface area contributed by atoms with Crippen molar-refractivity contribution in [2.24, 2.45) is 11.8 Å². The van der Waals surface area contributed by atoms with Gasteiger partial charge < -0.3 is 4.90 Å². The van der Waals surface area contributed by atoms with Gasteiger partial charge in [-0.15, -0.1) is 0 Å². The van der Waals surface area contributed by atoms with Crippen molar-refractivity contribution in [1.82, 2.24) is 0 Å². The summed E-state index contributed by atoms with van der Waals surface area (Å²) in [5, 5.41) is 0. The molecule has 2 aromatic rings. The van der Waals surface area contributed by atoms with Crippen molar-refractivity contribution < 1.29 is 9.18 Å². The fourth-order valence-electron chi connectivity index (χ4n) is 4.23. The van der Waals surface area contributed by atoms with Crippen LogP contribution in [0.4, 0.5) is 10.1 Å². The maximum absolute atomic E-state index is 13.6. The molecule has 1 aliphatic rings. The van der Waals surface area contributed by atoms with Crippen LogP contribution < -0.4 is 4.90 Å². The Balaban J connectivity index is 0.000000635. The van der Waals surface area contributed by atoms with Gasteiger partial charge in [-0.25, -0.2) is 4.39 Å². The molecule has 0 spiro atoms. The van der Waals surface area contributed by atoms with Crippen LogP contribution in [-0.2, 0) is 6.42 Å². The van der Waals surface area contributed by atoms with Crippen LogP contribution in [0.25, 0.3) is 0 Å². The fraction of sp³-hybridized carbons (Fsp3) is 0.559. The summed E-state index contributed by atoms with van der Waals surface area (Å²) >= 11 is 0. The molecule has 3 rings (SSSR count). The SMILES string of the molecule is CC.CC.CCCc1cc(C#CC(C)CCC)ccc1C(C)=O.Cc1ccc(N2CCC(C)C2)c(F)c1. The van der Waals surface area contributed by atoms with E-state index in [1.54, 1.807) is 13.0 Å². The van der Waals surface area contributed by atoms with Crippen molar-refractivity contribution in [3.8, 4) is 11.8 Å². The number of anilines is 1. The van der Waals surface area contributed by atoms with E-state index in [1.165, 1.54) is 12.8 Å². The average molecular weight is 510 g/mol. The number of carbonyl (C=O) groups is 1. The number of hydrogen-bond acceptors (Lipinski definition) is 2. The topological polar surface area (TPSA) is 20.3 Å². The third kappa shape index (κ3) is 12.5. The zero-order chi connectivity index (χ0) is 28.4. The summed E-state index contributed by atoms with van der Waals surface area (Å²) in [7, 11) is 0. The Morgan fingerprint density at radius 1 is 1.08 bits per heavy atom. The first kappa shape index (κ1) is 34.4. The number of Topliss-reactive ketones (excluding diaryl/α,β-unsaturated/α-hetero) is 1. The van der Waals surface area contributed by atoms with Crippen molar-refractivity contribution in [3.63, 3.8) is 0 Å². The minimum Gasteiger partial charge on any atom is -0.369 e. The molecular weight excluding hydrogens is 457 g/mol. The van der Waals surface area contributed by atoms with Crippen LogP contribution in [0.5, 0.6) is 0 Å². The van der Waals surface area contributed by atoms with Crippen molar-refractivity contribution >= 4 is 11.5 Å². The Morgan fingerprint density at radius 3 is 2.27 bits per heavy atom. The zero-order valence-corrected chi connectivity index (χ0v) is 25.3. The van der Waals surface area contributed by atoms with Gasteiger partial charge in [0.25, 0.3) is 0 Å². The van der Waals surface area contributed by atoms with E-state index in [1.807, 2.05) is 58.9 Å². The molecular formula is C34H52FNO. The normalized spacial score (nSPS) is 14.5. The van der Waals surface area contributed by atoms with E-state index >= 15 is 0 Å². The Hall–Kier alpha value is -2.60. The molecule has 1 fully saturated rings. The molecule has 0 N–H and O–H groups in total. The number of aryl methyl sites for hydroxylation is 2. The van der Waals surface area contributed by atoms with E-state index in [4.69, 9.17) is 0 Å². The molecule has 37 heavy (non-hydrogen) atoms. The number of halogens is 1. The van der Waals surface area contributed by atoms with Crippen LogP contribution in [-0.4, -0.2) is 18.9 Å². The molecule has 2 unspecified atom stereocenters. The first-order chi connectivity index (χ1) is 17.7. The van der Waals surface area contributed by atoms with Crippen molar-refractivity contribution in [2.75, 3.05) is 18.0 Å². The molecule has 2 nitrogen and oxygen atoms in total. The van der Waals surface area contributed by atoms with Gasteiger partial charge in [0.2, 0.25) is 0 Å². The molecule has 0 aromatic heterocycles. The van der Waals surface area contributed by atoms with E-state index in [2.05, 4.69) is 50.5 Å². The molecule has 1 aliphatic heterocycles.